The second kappa shape index (κ2) is 10.6. The molecule has 1 unspecified atom stereocenters. The van der Waals surface area contributed by atoms with E-state index in [4.69, 9.17) is 9.47 Å². The van der Waals surface area contributed by atoms with Crippen LogP contribution in [0.15, 0.2) is 18.2 Å². The van der Waals surface area contributed by atoms with E-state index in [-0.39, 0.29) is 0 Å². The van der Waals surface area contributed by atoms with Gasteiger partial charge in [-0.15, -0.1) is 0 Å². The quantitative estimate of drug-likeness (QED) is 0.611. The van der Waals surface area contributed by atoms with Crippen LogP contribution in [0.3, 0.4) is 0 Å². The third-order valence-corrected chi connectivity index (χ3v) is 3.54. The molecule has 1 atom stereocenters. The summed E-state index contributed by atoms with van der Waals surface area (Å²) >= 11 is 0. The van der Waals surface area contributed by atoms with Gasteiger partial charge in [-0.3, -0.25) is 0 Å². The van der Waals surface area contributed by atoms with Crippen molar-refractivity contribution < 1.29 is 9.47 Å². The smallest absolute Gasteiger partial charge is 0.124 e. The Morgan fingerprint density at radius 3 is 2.62 bits per heavy atom. The largest absolute Gasteiger partial charge is 0.494 e. The number of hydrogen-bond acceptors (Lipinski definition) is 3. The molecule has 0 bridgehead atoms. The summed E-state index contributed by atoms with van der Waals surface area (Å²) in [6, 6.07) is 6.76. The van der Waals surface area contributed by atoms with E-state index in [9.17, 15) is 0 Å². The van der Waals surface area contributed by atoms with Gasteiger partial charge in [-0.1, -0.05) is 32.8 Å². The number of unbranched alkanes of at least 4 members (excludes halogenated alkanes) is 2. The van der Waals surface area contributed by atoms with Crippen LogP contribution in [0.25, 0.3) is 0 Å². The molecule has 0 heterocycles. The van der Waals surface area contributed by atoms with Crippen LogP contribution < -0.4 is 10.1 Å². The normalized spacial score (nSPS) is 12.4. The highest BCUT2D eigenvalue weighted by molar-refractivity contribution is 5.38. The number of rotatable bonds is 11. The molecule has 1 N–H and O–H groups in total. The zero-order chi connectivity index (χ0) is 15.5. The highest BCUT2D eigenvalue weighted by atomic mass is 16.5. The fourth-order valence-corrected chi connectivity index (χ4v) is 2.34. The molecule has 0 amide bonds. The van der Waals surface area contributed by atoms with Gasteiger partial charge in [0.2, 0.25) is 0 Å². The Morgan fingerprint density at radius 1 is 1.14 bits per heavy atom. The van der Waals surface area contributed by atoms with Gasteiger partial charge in [-0.25, -0.2) is 0 Å². The molecule has 0 aromatic heterocycles. The highest BCUT2D eigenvalue weighted by Crippen LogP contribution is 2.24. The van der Waals surface area contributed by atoms with Crippen molar-refractivity contribution >= 4 is 0 Å². The van der Waals surface area contributed by atoms with Crippen LogP contribution in [-0.2, 0) is 11.3 Å². The monoisotopic (exact) mass is 293 g/mol. The van der Waals surface area contributed by atoms with Crippen molar-refractivity contribution in [1.29, 1.82) is 0 Å². The maximum absolute atomic E-state index is 5.80. The molecule has 0 aliphatic rings. The standard InChI is InChI=1S/C18H31NO2/c1-5-8-9-12-20-14-17-13-16(15(4)19-6-2)10-11-18(17)21-7-3/h10-11,13,15,19H,5-9,12,14H2,1-4H3. The second-order valence-electron chi connectivity index (χ2n) is 5.34. The van der Waals surface area contributed by atoms with E-state index in [1.807, 2.05) is 6.92 Å². The lowest BCUT2D eigenvalue weighted by Crippen LogP contribution is -2.18. The van der Waals surface area contributed by atoms with E-state index in [1.165, 1.54) is 18.4 Å². The van der Waals surface area contributed by atoms with Crippen molar-refractivity contribution in [1.82, 2.24) is 5.32 Å². The van der Waals surface area contributed by atoms with E-state index < -0.39 is 0 Å². The molecule has 0 saturated heterocycles. The Kier molecular flexibility index (Phi) is 9.11. The summed E-state index contributed by atoms with van der Waals surface area (Å²) in [4.78, 5) is 0. The number of hydrogen-bond donors (Lipinski definition) is 1. The van der Waals surface area contributed by atoms with Crippen LogP contribution in [0.5, 0.6) is 5.75 Å². The van der Waals surface area contributed by atoms with Gasteiger partial charge in [0.1, 0.15) is 5.75 Å². The predicted octanol–water partition coefficient (Wildman–Crippen LogP) is 4.46. The highest BCUT2D eigenvalue weighted by Gasteiger charge is 2.09. The van der Waals surface area contributed by atoms with Crippen LogP contribution >= 0.6 is 0 Å². The molecule has 0 spiro atoms. The summed E-state index contributed by atoms with van der Waals surface area (Å²) in [7, 11) is 0. The van der Waals surface area contributed by atoms with E-state index in [1.54, 1.807) is 0 Å². The number of ether oxygens (including phenoxy) is 2. The summed E-state index contributed by atoms with van der Waals surface area (Å²) in [6.07, 6.45) is 3.59. The molecule has 0 fully saturated rings. The SMILES string of the molecule is CCCCCOCc1cc(C(C)NCC)ccc1OCC. The molecule has 21 heavy (non-hydrogen) atoms. The van der Waals surface area contributed by atoms with Crippen molar-refractivity contribution in [3.05, 3.63) is 29.3 Å². The molecule has 1 aromatic rings. The zero-order valence-corrected chi connectivity index (χ0v) is 14.1. The average Bonchev–Trinajstić information content (AvgIpc) is 2.49. The molecule has 0 radical (unpaired) electrons. The van der Waals surface area contributed by atoms with Crippen molar-refractivity contribution in [2.24, 2.45) is 0 Å². The Hall–Kier alpha value is -1.06. The summed E-state index contributed by atoms with van der Waals surface area (Å²) in [6.45, 7) is 11.6. The first kappa shape index (κ1) is 18.0. The fraction of sp³-hybridized carbons (Fsp3) is 0.667. The van der Waals surface area contributed by atoms with Gasteiger partial charge in [0.25, 0.3) is 0 Å². The minimum atomic E-state index is 0.351. The Balaban J connectivity index is 2.68. The van der Waals surface area contributed by atoms with E-state index >= 15 is 0 Å². The third-order valence-electron chi connectivity index (χ3n) is 3.54. The van der Waals surface area contributed by atoms with Crippen LogP contribution in [-0.4, -0.2) is 19.8 Å². The fourth-order valence-electron chi connectivity index (χ4n) is 2.34. The molecule has 3 heteroatoms. The van der Waals surface area contributed by atoms with Crippen LogP contribution in [0, 0.1) is 0 Å². The molecular weight excluding hydrogens is 262 g/mol. The van der Waals surface area contributed by atoms with Crippen LogP contribution in [0.1, 0.15) is 64.1 Å². The third kappa shape index (κ3) is 6.49. The summed E-state index contributed by atoms with van der Waals surface area (Å²) in [5.74, 6) is 0.945. The van der Waals surface area contributed by atoms with Crippen molar-refractivity contribution in [3.63, 3.8) is 0 Å². The molecule has 1 aromatic carbocycles. The van der Waals surface area contributed by atoms with Gasteiger partial charge in [0.15, 0.2) is 0 Å². The van der Waals surface area contributed by atoms with Crippen molar-refractivity contribution in [2.45, 2.75) is 59.6 Å². The maximum atomic E-state index is 5.80. The van der Waals surface area contributed by atoms with Gasteiger partial charge in [-0.2, -0.15) is 0 Å². The molecular formula is C18H31NO2. The Bertz CT molecular complexity index is 393. The molecule has 120 valence electrons. The summed E-state index contributed by atoms with van der Waals surface area (Å²) in [5.41, 5.74) is 2.43. The van der Waals surface area contributed by atoms with Gasteiger partial charge in [0, 0.05) is 18.2 Å². The number of benzene rings is 1. The zero-order valence-electron chi connectivity index (χ0n) is 14.1. The van der Waals surface area contributed by atoms with Crippen molar-refractivity contribution in [2.75, 3.05) is 19.8 Å². The maximum Gasteiger partial charge on any atom is 0.124 e. The lowest BCUT2D eigenvalue weighted by atomic mass is 10.0. The molecule has 1 rings (SSSR count). The first-order valence-corrected chi connectivity index (χ1v) is 8.29. The topological polar surface area (TPSA) is 30.5 Å². The van der Waals surface area contributed by atoms with Gasteiger partial charge in [-0.05, 0) is 44.5 Å². The lowest BCUT2D eigenvalue weighted by molar-refractivity contribution is 0.114. The molecule has 0 saturated carbocycles. The van der Waals surface area contributed by atoms with Crippen LogP contribution in [0.2, 0.25) is 0 Å². The molecule has 0 aliphatic heterocycles. The van der Waals surface area contributed by atoms with E-state index in [0.29, 0.717) is 19.3 Å². The Labute approximate surface area is 130 Å². The molecule has 3 nitrogen and oxygen atoms in total. The molecule has 0 aliphatic carbocycles. The summed E-state index contributed by atoms with van der Waals surface area (Å²) < 4.78 is 11.5. The Morgan fingerprint density at radius 2 is 1.95 bits per heavy atom. The minimum absolute atomic E-state index is 0.351. The van der Waals surface area contributed by atoms with Crippen molar-refractivity contribution in [3.8, 4) is 5.75 Å². The first-order valence-electron chi connectivity index (χ1n) is 8.29. The second-order valence-corrected chi connectivity index (χ2v) is 5.34. The average molecular weight is 293 g/mol. The lowest BCUT2D eigenvalue weighted by Gasteiger charge is -2.17. The van der Waals surface area contributed by atoms with Crippen LogP contribution in [0.4, 0.5) is 0 Å². The summed E-state index contributed by atoms with van der Waals surface area (Å²) in [5, 5.41) is 3.44. The van der Waals surface area contributed by atoms with Gasteiger partial charge >= 0.3 is 0 Å². The predicted molar refractivity (Wildman–Crippen MR) is 88.9 cm³/mol. The number of nitrogens with one attached hydrogen (secondary N) is 1. The van der Waals surface area contributed by atoms with E-state index in [0.717, 1.165) is 30.9 Å². The van der Waals surface area contributed by atoms with Gasteiger partial charge in [0.05, 0.1) is 13.2 Å². The van der Waals surface area contributed by atoms with Gasteiger partial charge < -0.3 is 14.8 Å². The first-order chi connectivity index (χ1) is 10.2. The minimum Gasteiger partial charge on any atom is -0.494 e. The van der Waals surface area contributed by atoms with E-state index in [2.05, 4.69) is 44.3 Å².